The number of para-hydroxylation sites is 2. The number of thiazole rings is 1. The lowest BCUT2D eigenvalue weighted by Gasteiger charge is -2.30. The molecule has 2 aliphatic heterocycles. The number of rotatable bonds is 4. The number of anilines is 1. The maximum atomic E-state index is 12.8. The molecule has 0 radical (unpaired) electrons. The van der Waals surface area contributed by atoms with Crippen LogP contribution in [0.3, 0.4) is 0 Å². The van der Waals surface area contributed by atoms with Crippen LogP contribution in [0, 0.1) is 0 Å². The molecule has 0 saturated heterocycles. The first-order chi connectivity index (χ1) is 14.7. The van der Waals surface area contributed by atoms with Gasteiger partial charge >= 0.3 is 0 Å². The summed E-state index contributed by atoms with van der Waals surface area (Å²) in [5, 5.41) is 3.57. The highest BCUT2D eigenvalue weighted by molar-refractivity contribution is 7.15. The highest BCUT2D eigenvalue weighted by atomic mass is 32.1. The minimum Gasteiger partial charge on any atom is -0.482 e. The Bertz CT molecular complexity index is 1050. The van der Waals surface area contributed by atoms with Gasteiger partial charge in [-0.1, -0.05) is 42.5 Å². The largest absolute Gasteiger partial charge is 0.482 e. The molecular formula is C23H23N3O3S. The van der Waals surface area contributed by atoms with E-state index in [1.54, 1.807) is 11.3 Å². The van der Waals surface area contributed by atoms with Crippen molar-refractivity contribution in [3.8, 4) is 11.5 Å². The summed E-state index contributed by atoms with van der Waals surface area (Å²) in [5.74, 6) is 1.02. The molecule has 7 heteroatoms. The zero-order chi connectivity index (χ0) is 20.5. The topological polar surface area (TPSA) is 63.7 Å². The van der Waals surface area contributed by atoms with Crippen LogP contribution in [0.15, 0.2) is 54.6 Å². The molecule has 2 aliphatic rings. The standard InChI is InChI=1S/C23H23N3O3S/c1-15-21(29-19-10-6-5-9-18(19)28-15)22(27)25-23-24-17-11-12-26(14-20(17)30-23)13-16-7-3-2-4-8-16/h2-10,15,21H,11-14H2,1H3,(H,24,25,27). The highest BCUT2D eigenvalue weighted by Gasteiger charge is 2.34. The first-order valence-electron chi connectivity index (χ1n) is 10.1. The second-order valence-corrected chi connectivity index (χ2v) is 8.72. The number of ether oxygens (including phenoxy) is 2. The lowest BCUT2D eigenvalue weighted by Crippen LogP contribution is -2.46. The number of aromatic nitrogens is 1. The molecule has 1 N–H and O–H groups in total. The van der Waals surface area contributed by atoms with Crippen molar-refractivity contribution >= 4 is 22.4 Å². The van der Waals surface area contributed by atoms with Crippen LogP contribution in [0.25, 0.3) is 0 Å². The number of hydrogen-bond donors (Lipinski definition) is 1. The normalized spacial score (nSPS) is 20.4. The molecule has 1 aromatic heterocycles. The molecule has 0 spiro atoms. The van der Waals surface area contributed by atoms with Crippen molar-refractivity contribution < 1.29 is 14.3 Å². The van der Waals surface area contributed by atoms with Crippen LogP contribution >= 0.6 is 11.3 Å². The van der Waals surface area contributed by atoms with Crippen molar-refractivity contribution in [2.75, 3.05) is 11.9 Å². The maximum absolute atomic E-state index is 12.8. The van der Waals surface area contributed by atoms with Gasteiger partial charge in [-0.05, 0) is 24.6 Å². The van der Waals surface area contributed by atoms with Gasteiger partial charge < -0.3 is 9.47 Å². The fourth-order valence-electron chi connectivity index (χ4n) is 3.86. The monoisotopic (exact) mass is 421 g/mol. The molecule has 6 nitrogen and oxygen atoms in total. The molecule has 2 aromatic carbocycles. The highest BCUT2D eigenvalue weighted by Crippen LogP contribution is 2.34. The first kappa shape index (κ1) is 19.1. The molecule has 1 amide bonds. The van der Waals surface area contributed by atoms with E-state index >= 15 is 0 Å². The SMILES string of the molecule is CC1Oc2ccccc2OC1C(=O)Nc1nc2c(s1)CN(Cc1ccccc1)CC2. The van der Waals surface area contributed by atoms with Crippen molar-refractivity contribution in [1.82, 2.24) is 9.88 Å². The van der Waals surface area contributed by atoms with E-state index < -0.39 is 6.10 Å². The van der Waals surface area contributed by atoms with Gasteiger partial charge in [-0.25, -0.2) is 4.98 Å². The average Bonchev–Trinajstić information content (AvgIpc) is 3.15. The quantitative estimate of drug-likeness (QED) is 0.693. The lowest BCUT2D eigenvalue weighted by atomic mass is 10.1. The van der Waals surface area contributed by atoms with E-state index in [9.17, 15) is 4.79 Å². The van der Waals surface area contributed by atoms with Crippen molar-refractivity contribution in [1.29, 1.82) is 0 Å². The first-order valence-corrected chi connectivity index (χ1v) is 11.0. The molecule has 5 rings (SSSR count). The van der Waals surface area contributed by atoms with E-state index in [4.69, 9.17) is 9.47 Å². The molecule has 154 valence electrons. The molecule has 0 aliphatic carbocycles. The van der Waals surface area contributed by atoms with Gasteiger partial charge in [0.15, 0.2) is 16.6 Å². The molecule has 30 heavy (non-hydrogen) atoms. The third-order valence-electron chi connectivity index (χ3n) is 5.39. The lowest BCUT2D eigenvalue weighted by molar-refractivity contribution is -0.128. The Morgan fingerprint density at radius 1 is 1.13 bits per heavy atom. The molecule has 3 aromatic rings. The summed E-state index contributed by atoms with van der Waals surface area (Å²) in [6.07, 6.45) is -0.201. The molecule has 0 fully saturated rings. The van der Waals surface area contributed by atoms with Gasteiger partial charge in [0.1, 0.15) is 6.10 Å². The van der Waals surface area contributed by atoms with Gasteiger partial charge in [0.25, 0.3) is 5.91 Å². The van der Waals surface area contributed by atoms with E-state index in [1.807, 2.05) is 37.3 Å². The van der Waals surface area contributed by atoms with Crippen LogP contribution in [0.2, 0.25) is 0 Å². The van der Waals surface area contributed by atoms with Crippen LogP contribution in [0.1, 0.15) is 23.1 Å². The summed E-state index contributed by atoms with van der Waals surface area (Å²) in [6.45, 7) is 4.58. The summed E-state index contributed by atoms with van der Waals surface area (Å²) >= 11 is 1.55. The second-order valence-electron chi connectivity index (χ2n) is 7.63. The Kier molecular flexibility index (Phi) is 5.14. The van der Waals surface area contributed by atoms with Crippen molar-refractivity contribution in [3.63, 3.8) is 0 Å². The van der Waals surface area contributed by atoms with Gasteiger partial charge in [0.2, 0.25) is 6.10 Å². The summed E-state index contributed by atoms with van der Waals surface area (Å²) in [7, 11) is 0. The molecule has 3 heterocycles. The number of nitrogens with zero attached hydrogens (tertiary/aromatic N) is 2. The Morgan fingerprint density at radius 3 is 2.67 bits per heavy atom. The summed E-state index contributed by atoms with van der Waals surface area (Å²) in [6, 6.07) is 17.9. The molecular weight excluding hydrogens is 398 g/mol. The average molecular weight is 422 g/mol. The molecule has 0 saturated carbocycles. The zero-order valence-corrected chi connectivity index (χ0v) is 17.5. The minimum absolute atomic E-state index is 0.232. The van der Waals surface area contributed by atoms with Gasteiger partial charge in [0.05, 0.1) is 5.69 Å². The van der Waals surface area contributed by atoms with Crippen LogP contribution in [0.4, 0.5) is 5.13 Å². The van der Waals surface area contributed by atoms with Gasteiger partial charge in [-0.15, -0.1) is 11.3 Å². The van der Waals surface area contributed by atoms with Gasteiger partial charge in [-0.3, -0.25) is 15.0 Å². The molecule has 0 bridgehead atoms. The van der Waals surface area contributed by atoms with Crippen molar-refractivity contribution in [3.05, 3.63) is 70.7 Å². The maximum Gasteiger partial charge on any atom is 0.271 e. The Morgan fingerprint density at radius 2 is 1.87 bits per heavy atom. The Labute approximate surface area is 179 Å². The van der Waals surface area contributed by atoms with E-state index in [-0.39, 0.29) is 12.0 Å². The minimum atomic E-state index is -0.713. The van der Waals surface area contributed by atoms with E-state index in [0.29, 0.717) is 16.6 Å². The third kappa shape index (κ3) is 3.91. The molecule has 2 unspecified atom stereocenters. The predicted molar refractivity (Wildman–Crippen MR) is 116 cm³/mol. The number of hydrogen-bond acceptors (Lipinski definition) is 6. The van der Waals surface area contributed by atoms with Crippen molar-refractivity contribution in [2.45, 2.75) is 38.6 Å². The zero-order valence-electron chi connectivity index (χ0n) is 16.7. The Hall–Kier alpha value is -2.90. The van der Waals surface area contributed by atoms with E-state index in [0.717, 1.165) is 31.7 Å². The number of carbonyl (C=O) groups is 1. The number of nitrogens with one attached hydrogen (secondary N) is 1. The second kappa shape index (κ2) is 8.08. The molecule has 2 atom stereocenters. The van der Waals surface area contributed by atoms with E-state index in [1.165, 1.54) is 10.4 Å². The van der Waals surface area contributed by atoms with Crippen molar-refractivity contribution in [2.24, 2.45) is 0 Å². The smallest absolute Gasteiger partial charge is 0.271 e. The third-order valence-corrected chi connectivity index (χ3v) is 6.39. The van der Waals surface area contributed by atoms with Crippen LogP contribution in [0.5, 0.6) is 11.5 Å². The summed E-state index contributed by atoms with van der Waals surface area (Å²) < 4.78 is 11.7. The summed E-state index contributed by atoms with van der Waals surface area (Å²) in [4.78, 5) is 21.1. The predicted octanol–water partition coefficient (Wildman–Crippen LogP) is 3.87. The fraction of sp³-hybridized carbons (Fsp3) is 0.304. The number of amides is 1. The number of fused-ring (bicyclic) bond motifs is 2. The summed E-state index contributed by atoms with van der Waals surface area (Å²) in [5.41, 5.74) is 2.39. The van der Waals surface area contributed by atoms with Gasteiger partial charge in [0, 0.05) is 30.9 Å². The van der Waals surface area contributed by atoms with E-state index in [2.05, 4.69) is 39.5 Å². The van der Waals surface area contributed by atoms with Crippen LogP contribution in [-0.2, 0) is 24.3 Å². The van der Waals surface area contributed by atoms with Crippen LogP contribution < -0.4 is 14.8 Å². The Balaban J connectivity index is 1.24. The number of carbonyl (C=O) groups excluding carboxylic acids is 1. The van der Waals surface area contributed by atoms with Gasteiger partial charge in [-0.2, -0.15) is 0 Å². The number of benzene rings is 2. The fourth-order valence-corrected chi connectivity index (χ4v) is 4.91. The van der Waals surface area contributed by atoms with Crippen LogP contribution in [-0.4, -0.2) is 34.5 Å².